The van der Waals surface area contributed by atoms with Crippen LogP contribution in [0.25, 0.3) is 0 Å². The molecule has 0 saturated carbocycles. The van der Waals surface area contributed by atoms with Crippen molar-refractivity contribution in [1.82, 2.24) is 10.3 Å². The van der Waals surface area contributed by atoms with E-state index in [4.69, 9.17) is 5.26 Å². The second-order valence-electron chi connectivity index (χ2n) is 2.88. The molecule has 0 spiro atoms. The van der Waals surface area contributed by atoms with Crippen molar-refractivity contribution in [3.05, 3.63) is 29.6 Å². The second-order valence-corrected chi connectivity index (χ2v) is 2.88. The Morgan fingerprint density at radius 3 is 3.14 bits per heavy atom. The van der Waals surface area contributed by atoms with E-state index in [1.54, 1.807) is 12.3 Å². The maximum Gasteiger partial charge on any atom is 0.234 e. The lowest BCUT2D eigenvalue weighted by atomic mass is 10.2. The molecule has 0 aromatic carbocycles. The standard InChI is InChI=1S/C10H11N3O/c1-8-3-2-6-12-9(8)7-13-10(14)4-5-11/h2-3,6H,4,7H2,1H3,(H,13,14). The zero-order chi connectivity index (χ0) is 10.4. The van der Waals surface area contributed by atoms with Crippen LogP contribution >= 0.6 is 0 Å². The molecule has 1 aromatic heterocycles. The van der Waals surface area contributed by atoms with Crippen LogP contribution in [0.4, 0.5) is 0 Å². The fourth-order valence-electron chi connectivity index (χ4n) is 1.02. The Labute approximate surface area is 82.6 Å². The Balaban J connectivity index is 2.51. The van der Waals surface area contributed by atoms with Gasteiger partial charge in [0.05, 0.1) is 18.3 Å². The summed E-state index contributed by atoms with van der Waals surface area (Å²) in [6.07, 6.45) is 1.57. The molecule has 0 radical (unpaired) electrons. The number of pyridine rings is 1. The molecule has 0 aliphatic rings. The SMILES string of the molecule is Cc1cccnc1CNC(=O)CC#N. The third-order valence-electron chi connectivity index (χ3n) is 1.81. The first-order valence-corrected chi connectivity index (χ1v) is 4.28. The number of nitriles is 1. The Hall–Kier alpha value is -1.89. The molecule has 0 unspecified atom stereocenters. The first kappa shape index (κ1) is 10.2. The van der Waals surface area contributed by atoms with Crippen LogP contribution in [0.5, 0.6) is 0 Å². The van der Waals surface area contributed by atoms with Crippen LogP contribution in [0.1, 0.15) is 17.7 Å². The topological polar surface area (TPSA) is 65.8 Å². The number of hydrogen-bond acceptors (Lipinski definition) is 3. The number of rotatable bonds is 3. The van der Waals surface area contributed by atoms with Gasteiger partial charge in [-0.15, -0.1) is 0 Å². The van der Waals surface area contributed by atoms with E-state index in [-0.39, 0.29) is 12.3 Å². The first-order valence-electron chi connectivity index (χ1n) is 4.28. The van der Waals surface area contributed by atoms with Crippen LogP contribution in [0.15, 0.2) is 18.3 Å². The fraction of sp³-hybridized carbons (Fsp3) is 0.300. The van der Waals surface area contributed by atoms with E-state index in [1.807, 2.05) is 19.1 Å². The first-order chi connectivity index (χ1) is 6.74. The van der Waals surface area contributed by atoms with Gasteiger partial charge in [0.1, 0.15) is 6.42 Å². The number of aromatic nitrogens is 1. The van der Waals surface area contributed by atoms with Crippen molar-refractivity contribution in [1.29, 1.82) is 5.26 Å². The molecule has 1 N–H and O–H groups in total. The number of nitrogens with zero attached hydrogens (tertiary/aromatic N) is 2. The zero-order valence-electron chi connectivity index (χ0n) is 7.95. The van der Waals surface area contributed by atoms with E-state index in [2.05, 4.69) is 10.3 Å². The van der Waals surface area contributed by atoms with Gasteiger partial charge in [-0.3, -0.25) is 9.78 Å². The Morgan fingerprint density at radius 1 is 1.71 bits per heavy atom. The van der Waals surface area contributed by atoms with Crippen molar-refractivity contribution in [2.75, 3.05) is 0 Å². The smallest absolute Gasteiger partial charge is 0.234 e. The Kier molecular flexibility index (Phi) is 3.62. The zero-order valence-corrected chi connectivity index (χ0v) is 7.95. The van der Waals surface area contributed by atoms with Crippen molar-refractivity contribution in [3.8, 4) is 6.07 Å². The maximum atomic E-state index is 11.0. The molecule has 14 heavy (non-hydrogen) atoms. The number of carbonyl (C=O) groups is 1. The lowest BCUT2D eigenvalue weighted by Crippen LogP contribution is -2.22. The van der Waals surface area contributed by atoms with Crippen molar-refractivity contribution >= 4 is 5.91 Å². The van der Waals surface area contributed by atoms with Crippen LogP contribution in [0.2, 0.25) is 0 Å². The third-order valence-corrected chi connectivity index (χ3v) is 1.81. The predicted octanol–water partition coefficient (Wildman–Crippen LogP) is 0.920. The van der Waals surface area contributed by atoms with Crippen LogP contribution < -0.4 is 5.32 Å². The number of carbonyl (C=O) groups excluding carboxylic acids is 1. The van der Waals surface area contributed by atoms with Gasteiger partial charge in [0.25, 0.3) is 0 Å². The average molecular weight is 189 g/mol. The largest absolute Gasteiger partial charge is 0.350 e. The summed E-state index contributed by atoms with van der Waals surface area (Å²) in [6.45, 7) is 2.31. The molecule has 4 nitrogen and oxygen atoms in total. The summed E-state index contributed by atoms with van der Waals surface area (Å²) in [4.78, 5) is 15.1. The summed E-state index contributed by atoms with van der Waals surface area (Å²) >= 11 is 0. The summed E-state index contributed by atoms with van der Waals surface area (Å²) in [5, 5.41) is 10.9. The lowest BCUT2D eigenvalue weighted by molar-refractivity contribution is -0.120. The number of aryl methyl sites for hydroxylation is 1. The van der Waals surface area contributed by atoms with E-state index >= 15 is 0 Å². The molecule has 0 aliphatic carbocycles. The maximum absolute atomic E-state index is 11.0. The second kappa shape index (κ2) is 4.97. The minimum atomic E-state index is -0.266. The summed E-state index contributed by atoms with van der Waals surface area (Å²) in [5.41, 5.74) is 1.86. The molecule has 0 aliphatic heterocycles. The molecular weight excluding hydrogens is 178 g/mol. The van der Waals surface area contributed by atoms with Crippen LogP contribution in [-0.2, 0) is 11.3 Å². The number of hydrogen-bond donors (Lipinski definition) is 1. The summed E-state index contributed by atoms with van der Waals surface area (Å²) in [5.74, 6) is -0.266. The van der Waals surface area contributed by atoms with E-state index in [0.717, 1.165) is 11.3 Å². The average Bonchev–Trinajstić information content (AvgIpc) is 2.17. The van der Waals surface area contributed by atoms with Crippen molar-refractivity contribution in [3.63, 3.8) is 0 Å². The van der Waals surface area contributed by atoms with Crippen molar-refractivity contribution in [2.45, 2.75) is 19.9 Å². The molecule has 1 rings (SSSR count). The minimum absolute atomic E-state index is 0.105. The van der Waals surface area contributed by atoms with E-state index < -0.39 is 0 Å². The van der Waals surface area contributed by atoms with Crippen LogP contribution in [0, 0.1) is 18.3 Å². The molecule has 4 heteroatoms. The van der Waals surface area contributed by atoms with E-state index in [0.29, 0.717) is 6.54 Å². The highest BCUT2D eigenvalue weighted by molar-refractivity contribution is 5.77. The van der Waals surface area contributed by atoms with Gasteiger partial charge in [-0.1, -0.05) is 6.07 Å². The van der Waals surface area contributed by atoms with Gasteiger partial charge in [-0.2, -0.15) is 5.26 Å². The molecular formula is C10H11N3O. The van der Waals surface area contributed by atoms with Gasteiger partial charge in [0.15, 0.2) is 0 Å². The number of amides is 1. The molecule has 0 bridgehead atoms. The highest BCUT2D eigenvalue weighted by Gasteiger charge is 2.02. The number of nitrogens with one attached hydrogen (secondary N) is 1. The summed E-state index contributed by atoms with van der Waals surface area (Å²) < 4.78 is 0. The molecule has 0 fully saturated rings. The highest BCUT2D eigenvalue weighted by Crippen LogP contribution is 2.01. The lowest BCUT2D eigenvalue weighted by Gasteiger charge is -2.04. The highest BCUT2D eigenvalue weighted by atomic mass is 16.1. The minimum Gasteiger partial charge on any atom is -0.350 e. The molecule has 1 amide bonds. The van der Waals surface area contributed by atoms with Gasteiger partial charge in [0.2, 0.25) is 5.91 Å². The molecule has 1 aromatic rings. The van der Waals surface area contributed by atoms with Crippen molar-refractivity contribution < 1.29 is 4.79 Å². The molecule has 72 valence electrons. The quantitative estimate of drug-likeness (QED) is 0.768. The van der Waals surface area contributed by atoms with E-state index in [1.165, 1.54) is 0 Å². The Bertz CT molecular complexity index is 368. The van der Waals surface area contributed by atoms with Gasteiger partial charge >= 0.3 is 0 Å². The predicted molar refractivity (Wildman–Crippen MR) is 51.1 cm³/mol. The summed E-state index contributed by atoms with van der Waals surface area (Å²) in [6, 6.07) is 5.56. The third kappa shape index (κ3) is 2.87. The van der Waals surface area contributed by atoms with Crippen molar-refractivity contribution in [2.24, 2.45) is 0 Å². The molecule has 0 atom stereocenters. The normalized spacial score (nSPS) is 9.14. The van der Waals surface area contributed by atoms with Crippen LogP contribution in [0.3, 0.4) is 0 Å². The van der Waals surface area contributed by atoms with E-state index in [9.17, 15) is 4.79 Å². The molecule has 1 heterocycles. The fourth-order valence-corrected chi connectivity index (χ4v) is 1.02. The Morgan fingerprint density at radius 2 is 2.50 bits per heavy atom. The van der Waals surface area contributed by atoms with Gasteiger partial charge in [0, 0.05) is 6.20 Å². The van der Waals surface area contributed by atoms with Gasteiger partial charge < -0.3 is 5.32 Å². The van der Waals surface area contributed by atoms with Gasteiger partial charge in [-0.05, 0) is 18.6 Å². The van der Waals surface area contributed by atoms with Crippen LogP contribution in [-0.4, -0.2) is 10.9 Å². The molecule has 0 saturated heterocycles. The van der Waals surface area contributed by atoms with Gasteiger partial charge in [-0.25, -0.2) is 0 Å². The monoisotopic (exact) mass is 189 g/mol. The summed E-state index contributed by atoms with van der Waals surface area (Å²) in [7, 11) is 0.